The molecule has 18 heavy (non-hydrogen) atoms. The van der Waals surface area contributed by atoms with Gasteiger partial charge in [0.2, 0.25) is 0 Å². The Balaban J connectivity index is 3.60. The molecule has 0 heterocycles. The van der Waals surface area contributed by atoms with Gasteiger partial charge in [0.1, 0.15) is 6.79 Å². The van der Waals surface area contributed by atoms with Gasteiger partial charge in [0.05, 0.1) is 0 Å². The molecule has 0 rings (SSSR count). The summed E-state index contributed by atoms with van der Waals surface area (Å²) in [5, 5.41) is 8.64. The van der Waals surface area contributed by atoms with Crippen LogP contribution in [0.3, 0.4) is 0 Å². The van der Waals surface area contributed by atoms with Crippen molar-refractivity contribution in [3.05, 3.63) is 0 Å². The van der Waals surface area contributed by atoms with E-state index in [4.69, 9.17) is 9.84 Å². The molecule has 110 valence electrons. The van der Waals surface area contributed by atoms with E-state index < -0.39 is 0 Å². The third kappa shape index (κ3) is 12.4. The molecule has 0 fully saturated rings. The number of aliphatic hydroxyl groups is 1. The summed E-state index contributed by atoms with van der Waals surface area (Å²) in [6.45, 7) is 5.12. The van der Waals surface area contributed by atoms with Gasteiger partial charge in [-0.15, -0.1) is 0 Å². The van der Waals surface area contributed by atoms with Crippen molar-refractivity contribution in [3.63, 3.8) is 0 Å². The molecule has 2 heteroatoms. The van der Waals surface area contributed by atoms with Gasteiger partial charge in [-0.1, -0.05) is 78.1 Å². The molecule has 0 aliphatic rings. The van der Waals surface area contributed by atoms with Crippen LogP contribution in [0.15, 0.2) is 0 Å². The maximum atomic E-state index is 8.64. The van der Waals surface area contributed by atoms with Crippen molar-refractivity contribution in [3.8, 4) is 0 Å². The summed E-state index contributed by atoms with van der Waals surface area (Å²) in [4.78, 5) is 0. The van der Waals surface area contributed by atoms with Gasteiger partial charge in [0.25, 0.3) is 0 Å². The molecule has 0 aliphatic carbocycles. The van der Waals surface area contributed by atoms with E-state index in [9.17, 15) is 0 Å². The van der Waals surface area contributed by atoms with Crippen molar-refractivity contribution in [2.75, 3.05) is 13.4 Å². The first-order chi connectivity index (χ1) is 8.85. The lowest BCUT2D eigenvalue weighted by Gasteiger charge is -2.16. The third-order valence-corrected chi connectivity index (χ3v) is 3.69. The first-order valence-electron chi connectivity index (χ1n) is 8.03. The fraction of sp³-hybridized carbons (Fsp3) is 1.00. The Labute approximate surface area is 114 Å². The number of ether oxygens (including phenoxy) is 1. The first-order valence-corrected chi connectivity index (χ1v) is 8.03. The molecule has 0 aromatic heterocycles. The number of hydrogen-bond acceptors (Lipinski definition) is 2. The fourth-order valence-corrected chi connectivity index (χ4v) is 2.47. The fourth-order valence-electron chi connectivity index (χ4n) is 2.47. The molecule has 1 N–H and O–H groups in total. The highest BCUT2D eigenvalue weighted by Crippen LogP contribution is 2.21. The van der Waals surface area contributed by atoms with E-state index in [1.54, 1.807) is 0 Å². The van der Waals surface area contributed by atoms with Crippen molar-refractivity contribution in [2.24, 2.45) is 5.92 Å². The van der Waals surface area contributed by atoms with E-state index in [2.05, 4.69) is 13.8 Å². The highest BCUT2D eigenvalue weighted by molar-refractivity contribution is 4.60. The Hall–Kier alpha value is -0.0800. The summed E-state index contributed by atoms with van der Waals surface area (Å²) >= 11 is 0. The Morgan fingerprint density at radius 2 is 1.33 bits per heavy atom. The van der Waals surface area contributed by atoms with Crippen molar-refractivity contribution in [2.45, 2.75) is 84.5 Å². The number of unbranched alkanes of at least 4 members (excludes halogenated alkanes) is 6. The van der Waals surface area contributed by atoms with Crippen molar-refractivity contribution < 1.29 is 9.84 Å². The average molecular weight is 258 g/mol. The van der Waals surface area contributed by atoms with E-state index >= 15 is 0 Å². The molecular formula is C16H34O2. The van der Waals surface area contributed by atoms with E-state index in [1.807, 2.05) is 0 Å². The predicted octanol–water partition coefficient (Wildman–Crippen LogP) is 4.90. The molecule has 0 bridgehead atoms. The second-order valence-corrected chi connectivity index (χ2v) is 5.39. The Bertz CT molecular complexity index is 138. The van der Waals surface area contributed by atoms with Gasteiger partial charge in [0, 0.05) is 6.61 Å². The molecule has 0 radical (unpaired) electrons. The maximum absolute atomic E-state index is 8.64. The minimum atomic E-state index is -0.127. The Kier molecular flexibility index (Phi) is 14.9. The molecule has 1 atom stereocenters. The van der Waals surface area contributed by atoms with Crippen LogP contribution in [0.2, 0.25) is 0 Å². The Morgan fingerprint density at radius 3 is 1.94 bits per heavy atom. The van der Waals surface area contributed by atoms with Gasteiger partial charge in [-0.05, 0) is 12.3 Å². The molecule has 0 saturated heterocycles. The summed E-state index contributed by atoms with van der Waals surface area (Å²) in [6, 6.07) is 0. The second-order valence-electron chi connectivity index (χ2n) is 5.39. The van der Waals surface area contributed by atoms with Gasteiger partial charge in [-0.25, -0.2) is 0 Å². The number of rotatable bonds is 14. The van der Waals surface area contributed by atoms with E-state index in [1.165, 1.54) is 64.2 Å². The average Bonchev–Trinajstić information content (AvgIpc) is 2.38. The van der Waals surface area contributed by atoms with Crippen LogP contribution in [0.25, 0.3) is 0 Å². The first kappa shape index (κ1) is 17.9. The summed E-state index contributed by atoms with van der Waals surface area (Å²) in [5.41, 5.74) is 0. The number of aliphatic hydroxyl groups excluding tert-OH is 1. The molecule has 0 unspecified atom stereocenters. The molecular weight excluding hydrogens is 224 g/mol. The third-order valence-electron chi connectivity index (χ3n) is 3.69. The van der Waals surface area contributed by atoms with Crippen LogP contribution in [0.5, 0.6) is 0 Å². The SMILES string of the molecule is CCCCCCC[C@@H](CCCCC)CCOCO. The molecule has 0 aromatic rings. The minimum absolute atomic E-state index is 0.127. The normalized spacial score (nSPS) is 12.8. The van der Waals surface area contributed by atoms with E-state index in [-0.39, 0.29) is 6.79 Å². The lowest BCUT2D eigenvalue weighted by atomic mass is 9.92. The zero-order chi connectivity index (χ0) is 13.5. The van der Waals surface area contributed by atoms with Crippen molar-refractivity contribution in [1.29, 1.82) is 0 Å². The van der Waals surface area contributed by atoms with Gasteiger partial charge < -0.3 is 9.84 Å². The van der Waals surface area contributed by atoms with Crippen LogP contribution in [-0.4, -0.2) is 18.5 Å². The molecule has 2 nitrogen and oxygen atoms in total. The molecule has 0 amide bonds. The lowest BCUT2D eigenvalue weighted by Crippen LogP contribution is -2.06. The topological polar surface area (TPSA) is 29.5 Å². The summed E-state index contributed by atoms with van der Waals surface area (Å²) in [7, 11) is 0. The Morgan fingerprint density at radius 1 is 0.778 bits per heavy atom. The zero-order valence-electron chi connectivity index (χ0n) is 12.6. The highest BCUT2D eigenvalue weighted by Gasteiger charge is 2.08. The van der Waals surface area contributed by atoms with Gasteiger partial charge in [-0.3, -0.25) is 0 Å². The van der Waals surface area contributed by atoms with Crippen molar-refractivity contribution >= 4 is 0 Å². The van der Waals surface area contributed by atoms with Crippen LogP contribution >= 0.6 is 0 Å². The maximum Gasteiger partial charge on any atom is 0.143 e. The standard InChI is InChI=1S/C16H34O2/c1-3-5-7-8-10-12-16(11-9-6-4-2)13-14-18-15-17/h16-17H,3-15H2,1-2H3/t16-/m1/s1. The summed E-state index contributed by atoms with van der Waals surface area (Å²) in [6.07, 6.45) is 14.7. The van der Waals surface area contributed by atoms with Crippen LogP contribution in [0.4, 0.5) is 0 Å². The van der Waals surface area contributed by atoms with E-state index in [0.29, 0.717) is 0 Å². The van der Waals surface area contributed by atoms with Crippen LogP contribution in [0, 0.1) is 5.92 Å². The largest absolute Gasteiger partial charge is 0.371 e. The zero-order valence-corrected chi connectivity index (χ0v) is 12.6. The second kappa shape index (κ2) is 15.0. The molecule has 0 spiro atoms. The quantitative estimate of drug-likeness (QED) is 0.355. The van der Waals surface area contributed by atoms with E-state index in [0.717, 1.165) is 18.9 Å². The van der Waals surface area contributed by atoms with Crippen LogP contribution in [-0.2, 0) is 4.74 Å². The predicted molar refractivity (Wildman–Crippen MR) is 78.7 cm³/mol. The smallest absolute Gasteiger partial charge is 0.143 e. The molecule has 0 aromatic carbocycles. The number of hydrogen-bond donors (Lipinski definition) is 1. The minimum Gasteiger partial charge on any atom is -0.371 e. The van der Waals surface area contributed by atoms with Crippen molar-refractivity contribution in [1.82, 2.24) is 0 Å². The van der Waals surface area contributed by atoms with Crippen LogP contribution in [0.1, 0.15) is 84.5 Å². The molecule has 0 saturated carbocycles. The molecule has 0 aliphatic heterocycles. The summed E-state index contributed by atoms with van der Waals surface area (Å²) < 4.78 is 5.07. The van der Waals surface area contributed by atoms with Gasteiger partial charge in [-0.2, -0.15) is 0 Å². The van der Waals surface area contributed by atoms with Crippen LogP contribution < -0.4 is 0 Å². The summed E-state index contributed by atoms with van der Waals surface area (Å²) in [5.74, 6) is 0.810. The van der Waals surface area contributed by atoms with Gasteiger partial charge >= 0.3 is 0 Å². The lowest BCUT2D eigenvalue weighted by molar-refractivity contribution is -0.00742. The van der Waals surface area contributed by atoms with Gasteiger partial charge in [0.15, 0.2) is 0 Å². The monoisotopic (exact) mass is 258 g/mol. The highest BCUT2D eigenvalue weighted by atomic mass is 16.6.